The van der Waals surface area contributed by atoms with Crippen LogP contribution in [0.5, 0.6) is 5.75 Å². The Kier molecular flexibility index (Phi) is 7.41. The van der Waals surface area contributed by atoms with Gasteiger partial charge in [-0.25, -0.2) is 0 Å². The van der Waals surface area contributed by atoms with Crippen molar-refractivity contribution in [3.05, 3.63) is 110 Å². The normalized spacial score (nSPS) is 11.8. The van der Waals surface area contributed by atoms with Gasteiger partial charge in [-0.05, 0) is 42.8 Å². The van der Waals surface area contributed by atoms with E-state index in [2.05, 4.69) is 26.1 Å². The van der Waals surface area contributed by atoms with Crippen molar-refractivity contribution in [1.82, 2.24) is 14.8 Å². The van der Waals surface area contributed by atoms with E-state index >= 15 is 0 Å². The Balaban J connectivity index is 1.68. The zero-order valence-corrected chi connectivity index (χ0v) is 20.2. The molecule has 0 amide bonds. The first kappa shape index (κ1) is 23.0. The molecule has 1 atom stereocenters. The molecule has 33 heavy (non-hydrogen) atoms. The molecule has 0 fully saturated rings. The Morgan fingerprint density at radius 2 is 1.76 bits per heavy atom. The van der Waals surface area contributed by atoms with E-state index in [4.69, 9.17) is 4.74 Å². The van der Waals surface area contributed by atoms with Crippen LogP contribution >= 0.6 is 27.7 Å². The number of hydrogen-bond acceptors (Lipinski definition) is 6. The number of nitro groups is 1. The molecular weight excluding hydrogens is 504 g/mol. The number of para-hydroxylation sites is 1. The summed E-state index contributed by atoms with van der Waals surface area (Å²) >= 11 is 4.80. The largest absolute Gasteiger partial charge is 0.489 e. The molecule has 0 N–H and O–H groups in total. The minimum absolute atomic E-state index is 0.288. The molecule has 0 saturated heterocycles. The minimum atomic E-state index is -0.533. The number of ether oxygens (including phenoxy) is 1. The summed E-state index contributed by atoms with van der Waals surface area (Å²) in [5.74, 6) is 1.31. The number of aryl methyl sites for hydroxylation is 1. The molecule has 0 bridgehead atoms. The topological polar surface area (TPSA) is 83.1 Å². The Hall–Kier alpha value is -3.17. The van der Waals surface area contributed by atoms with Crippen LogP contribution in [0.2, 0.25) is 0 Å². The Morgan fingerprint density at radius 3 is 2.45 bits per heavy atom. The average Bonchev–Trinajstić information content (AvgIpc) is 3.18. The summed E-state index contributed by atoms with van der Waals surface area (Å²) in [5.41, 5.74) is 2.64. The lowest BCUT2D eigenvalue weighted by molar-refractivity contribution is -0.479. The second-order valence-corrected chi connectivity index (χ2v) is 9.36. The lowest BCUT2D eigenvalue weighted by Gasteiger charge is -2.18. The third-order valence-electron chi connectivity index (χ3n) is 4.93. The highest BCUT2D eigenvalue weighted by atomic mass is 79.9. The first-order valence-corrected chi connectivity index (χ1v) is 11.9. The van der Waals surface area contributed by atoms with Crippen molar-refractivity contribution in [2.45, 2.75) is 23.9 Å². The third kappa shape index (κ3) is 5.80. The maximum absolute atomic E-state index is 11.6. The number of benzene rings is 3. The molecule has 3 aromatic carbocycles. The van der Waals surface area contributed by atoms with Gasteiger partial charge in [0.05, 0.1) is 0 Å². The van der Waals surface area contributed by atoms with Gasteiger partial charge < -0.3 is 4.74 Å². The monoisotopic (exact) mass is 524 g/mol. The van der Waals surface area contributed by atoms with Crippen LogP contribution in [0.15, 0.2) is 88.5 Å². The van der Waals surface area contributed by atoms with E-state index in [1.165, 1.54) is 11.8 Å². The fourth-order valence-corrected chi connectivity index (χ4v) is 4.96. The van der Waals surface area contributed by atoms with Gasteiger partial charge in [0.1, 0.15) is 23.4 Å². The van der Waals surface area contributed by atoms with Crippen LogP contribution < -0.4 is 4.74 Å². The van der Waals surface area contributed by atoms with Crippen LogP contribution in [0.4, 0.5) is 0 Å². The third-order valence-corrected chi connectivity index (χ3v) is 6.58. The molecule has 0 unspecified atom stereocenters. The molecule has 0 aliphatic carbocycles. The molecular formula is C24H21BrN4O3S. The van der Waals surface area contributed by atoms with E-state index in [0.29, 0.717) is 23.3 Å². The molecule has 168 valence electrons. The van der Waals surface area contributed by atoms with E-state index < -0.39 is 5.25 Å². The van der Waals surface area contributed by atoms with Gasteiger partial charge in [-0.15, -0.1) is 10.2 Å². The maximum Gasteiger partial charge on any atom is 0.220 e. The zero-order chi connectivity index (χ0) is 23.2. The second kappa shape index (κ2) is 10.6. The highest BCUT2D eigenvalue weighted by Gasteiger charge is 2.27. The van der Waals surface area contributed by atoms with Crippen molar-refractivity contribution >= 4 is 27.7 Å². The maximum atomic E-state index is 11.6. The van der Waals surface area contributed by atoms with E-state index in [0.717, 1.165) is 21.3 Å². The number of halogens is 1. The van der Waals surface area contributed by atoms with Crippen LogP contribution in [0.1, 0.15) is 22.2 Å². The zero-order valence-electron chi connectivity index (χ0n) is 17.8. The van der Waals surface area contributed by atoms with Gasteiger partial charge in [-0.2, -0.15) is 0 Å². The summed E-state index contributed by atoms with van der Waals surface area (Å²) in [6.07, 6.45) is 0. The lowest BCUT2D eigenvalue weighted by atomic mass is 10.1. The van der Waals surface area contributed by atoms with Crippen LogP contribution in [-0.4, -0.2) is 26.2 Å². The summed E-state index contributed by atoms with van der Waals surface area (Å²) < 4.78 is 8.82. The van der Waals surface area contributed by atoms with Crippen LogP contribution in [-0.2, 0) is 6.61 Å². The summed E-state index contributed by atoms with van der Waals surface area (Å²) in [7, 11) is 0. The smallest absolute Gasteiger partial charge is 0.220 e. The summed E-state index contributed by atoms with van der Waals surface area (Å²) in [6, 6.07) is 25.1. The highest BCUT2D eigenvalue weighted by molar-refractivity contribution is 9.10. The molecule has 1 aromatic heterocycles. The molecule has 7 nitrogen and oxygen atoms in total. The van der Waals surface area contributed by atoms with Gasteiger partial charge in [0, 0.05) is 20.6 Å². The number of nitrogens with zero attached hydrogens (tertiary/aromatic N) is 4. The fraction of sp³-hybridized carbons (Fsp3) is 0.167. The average molecular weight is 525 g/mol. The molecule has 9 heteroatoms. The highest BCUT2D eigenvalue weighted by Crippen LogP contribution is 2.41. The Labute approximate surface area is 204 Å². The second-order valence-electron chi connectivity index (χ2n) is 7.28. The van der Waals surface area contributed by atoms with Crippen molar-refractivity contribution < 1.29 is 9.66 Å². The van der Waals surface area contributed by atoms with Gasteiger partial charge in [0.25, 0.3) is 0 Å². The van der Waals surface area contributed by atoms with Crippen molar-refractivity contribution in [1.29, 1.82) is 0 Å². The minimum Gasteiger partial charge on any atom is -0.489 e. The van der Waals surface area contributed by atoms with E-state index in [-0.39, 0.29) is 11.5 Å². The SMILES string of the molecule is Cc1nnc(S[C@@H](C[N+](=O)[O-])c2cc(Br)ccc2OCc2ccccc2)n1-c1ccccc1. The standard InChI is InChI=1S/C24H21BrN4O3S/c1-17-26-27-24(29(17)20-10-6-3-7-11-20)33-23(15-28(30)31)21-14-19(25)12-13-22(21)32-16-18-8-4-2-5-9-18/h2-14,23H,15-16H2,1H3/t23-/m0/s1. The van der Waals surface area contributed by atoms with Crippen LogP contribution in [0.25, 0.3) is 5.69 Å². The first-order valence-electron chi connectivity index (χ1n) is 10.2. The quantitative estimate of drug-likeness (QED) is 0.151. The molecule has 4 rings (SSSR count). The van der Waals surface area contributed by atoms with E-state index in [1.807, 2.05) is 90.4 Å². The first-order chi connectivity index (χ1) is 16.0. The molecule has 4 aromatic rings. The Morgan fingerprint density at radius 1 is 1.06 bits per heavy atom. The molecule has 1 heterocycles. The van der Waals surface area contributed by atoms with Gasteiger partial charge >= 0.3 is 0 Å². The number of hydrogen-bond donors (Lipinski definition) is 0. The van der Waals surface area contributed by atoms with Crippen molar-refractivity contribution in [2.24, 2.45) is 0 Å². The van der Waals surface area contributed by atoms with Crippen LogP contribution in [0.3, 0.4) is 0 Å². The van der Waals surface area contributed by atoms with Gasteiger partial charge in [0.15, 0.2) is 5.16 Å². The predicted molar refractivity (Wildman–Crippen MR) is 131 cm³/mol. The van der Waals surface area contributed by atoms with E-state index in [9.17, 15) is 10.1 Å². The predicted octanol–water partition coefficient (Wildman–Crippen LogP) is 6.03. The molecule has 0 radical (unpaired) electrons. The number of aromatic nitrogens is 3. The number of thioether (sulfide) groups is 1. The van der Waals surface area contributed by atoms with E-state index in [1.54, 1.807) is 0 Å². The summed E-state index contributed by atoms with van der Waals surface area (Å²) in [5, 5.41) is 20.2. The fourth-order valence-electron chi connectivity index (χ4n) is 3.39. The summed E-state index contributed by atoms with van der Waals surface area (Å²) in [4.78, 5) is 11.3. The van der Waals surface area contributed by atoms with Crippen LogP contribution in [0, 0.1) is 17.0 Å². The molecule has 0 aliphatic rings. The number of rotatable bonds is 9. The van der Waals surface area contributed by atoms with Gasteiger partial charge in [-0.3, -0.25) is 14.7 Å². The molecule has 0 aliphatic heterocycles. The van der Waals surface area contributed by atoms with Crippen molar-refractivity contribution in [3.8, 4) is 11.4 Å². The molecule has 0 saturated carbocycles. The van der Waals surface area contributed by atoms with Crippen molar-refractivity contribution in [3.63, 3.8) is 0 Å². The lowest BCUT2D eigenvalue weighted by Crippen LogP contribution is -2.12. The van der Waals surface area contributed by atoms with Gasteiger partial charge in [0.2, 0.25) is 6.54 Å². The summed E-state index contributed by atoms with van der Waals surface area (Å²) in [6.45, 7) is 1.94. The van der Waals surface area contributed by atoms with Crippen molar-refractivity contribution in [2.75, 3.05) is 6.54 Å². The molecule has 0 spiro atoms. The Bertz CT molecular complexity index is 1240. The van der Waals surface area contributed by atoms with Gasteiger partial charge in [-0.1, -0.05) is 76.2 Å².